The van der Waals surface area contributed by atoms with Crippen molar-refractivity contribution in [3.05, 3.63) is 17.1 Å². The normalized spacial score (nSPS) is 25.0. The number of carboxylic acids is 1. The number of aliphatic hydroxyl groups is 1. The lowest BCUT2D eigenvalue weighted by molar-refractivity contribution is -0.138. The van der Waals surface area contributed by atoms with Gasteiger partial charge in [-0.25, -0.2) is 9.97 Å². The second kappa shape index (κ2) is 6.78. The largest absolute Gasteiger partial charge is 0.480 e. The lowest BCUT2D eigenvalue weighted by Crippen LogP contribution is -2.43. The highest BCUT2D eigenvalue weighted by Crippen LogP contribution is 2.47. The van der Waals surface area contributed by atoms with Crippen molar-refractivity contribution in [3.8, 4) is 0 Å². The molecule has 1 atom stereocenters. The minimum absolute atomic E-state index is 0.0862. The van der Waals surface area contributed by atoms with Gasteiger partial charge in [-0.1, -0.05) is 0 Å². The molecule has 3 heterocycles. The topological polar surface area (TPSA) is 89.8 Å². The Hall–Kier alpha value is -1.73. The van der Waals surface area contributed by atoms with Gasteiger partial charge >= 0.3 is 5.97 Å². The number of carbonyl (C=O) groups is 1. The van der Waals surface area contributed by atoms with Gasteiger partial charge in [-0.2, -0.15) is 0 Å². The van der Waals surface area contributed by atoms with Gasteiger partial charge in [0.05, 0.1) is 12.2 Å². The summed E-state index contributed by atoms with van der Waals surface area (Å²) >= 11 is 0. The number of aliphatic hydroxyl groups excluding tert-OH is 1. The summed E-state index contributed by atoms with van der Waals surface area (Å²) < 4.78 is 0. The fraction of sp³-hybridized carbons (Fsp3) is 0.737. The second-order valence-electron chi connectivity index (χ2n) is 8.16. The number of aromatic nitrogens is 2. The number of hydrogen-bond acceptors (Lipinski definition) is 6. The van der Waals surface area contributed by atoms with Gasteiger partial charge in [0.2, 0.25) is 0 Å². The van der Waals surface area contributed by atoms with Crippen LogP contribution in [-0.2, 0) is 16.6 Å². The average Bonchev–Trinajstić information content (AvgIpc) is 3.22. The van der Waals surface area contributed by atoms with Crippen molar-refractivity contribution >= 4 is 11.8 Å². The molecule has 2 N–H and O–H groups in total. The van der Waals surface area contributed by atoms with Gasteiger partial charge in [-0.05, 0) is 52.1 Å². The number of likely N-dealkylation sites (tertiary alicyclic amines) is 1. The van der Waals surface area contributed by atoms with E-state index in [0.717, 1.165) is 69.9 Å². The number of aryl methyl sites for hydroxylation is 1. The third kappa shape index (κ3) is 3.07. The predicted molar refractivity (Wildman–Crippen MR) is 97.5 cm³/mol. The molecule has 1 aromatic rings. The molecule has 0 bridgehead atoms. The Morgan fingerprint density at radius 2 is 2.00 bits per heavy atom. The molecule has 0 radical (unpaired) electrons. The van der Waals surface area contributed by atoms with Crippen LogP contribution in [0.1, 0.15) is 42.8 Å². The first-order valence-electron chi connectivity index (χ1n) is 9.69. The van der Waals surface area contributed by atoms with E-state index in [0.29, 0.717) is 5.92 Å². The Bertz CT molecular complexity index is 700. The summed E-state index contributed by atoms with van der Waals surface area (Å²) in [6.07, 6.45) is 5.06. The molecule has 3 aliphatic rings. The van der Waals surface area contributed by atoms with Crippen LogP contribution in [0, 0.1) is 12.8 Å². The molecule has 0 amide bonds. The average molecular weight is 360 g/mol. The van der Waals surface area contributed by atoms with Gasteiger partial charge in [-0.3, -0.25) is 9.69 Å². The van der Waals surface area contributed by atoms with Crippen molar-refractivity contribution in [1.82, 2.24) is 14.9 Å². The van der Waals surface area contributed by atoms with E-state index >= 15 is 0 Å². The monoisotopic (exact) mass is 360 g/mol. The minimum atomic E-state index is -0.749. The summed E-state index contributed by atoms with van der Waals surface area (Å²) in [4.78, 5) is 25.0. The molecule has 0 aromatic carbocycles. The van der Waals surface area contributed by atoms with Crippen LogP contribution in [0.4, 0.5) is 5.82 Å². The van der Waals surface area contributed by atoms with Crippen molar-refractivity contribution in [3.63, 3.8) is 0 Å². The smallest absolute Gasteiger partial charge is 0.317 e. The maximum atomic E-state index is 11.0. The Balaban J connectivity index is 1.59. The number of nitrogens with zero attached hydrogens (tertiary/aromatic N) is 4. The lowest BCUT2D eigenvalue weighted by Gasteiger charge is -2.39. The summed E-state index contributed by atoms with van der Waals surface area (Å²) in [6.45, 7) is 5.81. The highest BCUT2D eigenvalue weighted by molar-refractivity contribution is 5.69. The second-order valence-corrected chi connectivity index (χ2v) is 8.16. The molecule has 2 aliphatic heterocycles. The van der Waals surface area contributed by atoms with Gasteiger partial charge in [0.15, 0.2) is 0 Å². The lowest BCUT2D eigenvalue weighted by atomic mass is 9.76. The maximum Gasteiger partial charge on any atom is 0.317 e. The zero-order valence-electron chi connectivity index (χ0n) is 15.4. The number of carboxylic acid groups (broad SMARTS) is 1. The predicted octanol–water partition coefficient (Wildman–Crippen LogP) is 0.968. The zero-order valence-corrected chi connectivity index (χ0v) is 15.4. The number of fused-ring (bicyclic) bond motifs is 2. The number of aliphatic carboxylic acids is 1. The molecule has 2 fully saturated rings. The molecule has 1 aromatic heterocycles. The van der Waals surface area contributed by atoms with E-state index in [9.17, 15) is 9.90 Å². The van der Waals surface area contributed by atoms with E-state index in [1.165, 1.54) is 11.3 Å². The molecule has 1 aliphatic carbocycles. The van der Waals surface area contributed by atoms with Crippen LogP contribution in [0.2, 0.25) is 0 Å². The van der Waals surface area contributed by atoms with Gasteiger partial charge in [0.1, 0.15) is 11.6 Å². The minimum Gasteiger partial charge on any atom is -0.480 e. The van der Waals surface area contributed by atoms with E-state index in [4.69, 9.17) is 15.1 Å². The first kappa shape index (κ1) is 17.7. The molecule has 7 nitrogen and oxygen atoms in total. The molecule has 2 saturated heterocycles. The molecule has 1 unspecified atom stereocenters. The Morgan fingerprint density at radius 1 is 1.23 bits per heavy atom. The molecular weight excluding hydrogens is 332 g/mol. The van der Waals surface area contributed by atoms with Crippen molar-refractivity contribution in [2.45, 2.75) is 44.4 Å². The maximum absolute atomic E-state index is 11.0. The standard InChI is InChI=1S/C19H28N4O3/c1-13-20-17-15(18(21-13)23-7-3-14(10-23)12-24)2-4-19(17)5-8-22(9-6-19)11-16(25)26/h14,24H,2-12H2,1H3,(H,25,26). The molecule has 0 saturated carbocycles. The van der Waals surface area contributed by atoms with Gasteiger partial charge in [-0.15, -0.1) is 0 Å². The quantitative estimate of drug-likeness (QED) is 0.827. The molecule has 142 valence electrons. The third-order valence-corrected chi connectivity index (χ3v) is 6.47. The molecule has 7 heteroatoms. The van der Waals surface area contributed by atoms with E-state index in [1.807, 2.05) is 11.8 Å². The highest BCUT2D eigenvalue weighted by atomic mass is 16.4. The van der Waals surface area contributed by atoms with Crippen LogP contribution in [-0.4, -0.2) is 70.4 Å². The van der Waals surface area contributed by atoms with Crippen LogP contribution in [0.5, 0.6) is 0 Å². The first-order valence-corrected chi connectivity index (χ1v) is 9.69. The van der Waals surface area contributed by atoms with Crippen molar-refractivity contribution in [2.24, 2.45) is 5.92 Å². The van der Waals surface area contributed by atoms with Gasteiger partial charge in [0.25, 0.3) is 0 Å². The molecular formula is C19H28N4O3. The summed E-state index contributed by atoms with van der Waals surface area (Å²) in [5.41, 5.74) is 2.59. The summed E-state index contributed by atoms with van der Waals surface area (Å²) in [5, 5.41) is 18.5. The fourth-order valence-electron chi connectivity index (χ4n) is 4.99. The third-order valence-electron chi connectivity index (χ3n) is 6.47. The van der Waals surface area contributed by atoms with E-state index in [2.05, 4.69) is 4.90 Å². The SMILES string of the molecule is Cc1nc(N2CCC(CO)C2)c2c(n1)C1(CC2)CCN(CC(=O)O)CC1. The van der Waals surface area contributed by atoms with Crippen LogP contribution in [0.3, 0.4) is 0 Å². The van der Waals surface area contributed by atoms with Crippen LogP contribution < -0.4 is 4.90 Å². The molecule has 4 rings (SSSR count). The Morgan fingerprint density at radius 3 is 2.65 bits per heavy atom. The Labute approximate surface area is 154 Å². The number of piperidine rings is 1. The van der Waals surface area contributed by atoms with Crippen molar-refractivity contribution < 1.29 is 15.0 Å². The van der Waals surface area contributed by atoms with Gasteiger partial charge in [0, 0.05) is 36.6 Å². The summed E-state index contributed by atoms with van der Waals surface area (Å²) in [6, 6.07) is 0. The van der Waals surface area contributed by atoms with E-state index in [-0.39, 0.29) is 18.6 Å². The van der Waals surface area contributed by atoms with Crippen molar-refractivity contribution in [2.75, 3.05) is 44.2 Å². The van der Waals surface area contributed by atoms with Crippen LogP contribution in [0.25, 0.3) is 0 Å². The van der Waals surface area contributed by atoms with Crippen LogP contribution in [0.15, 0.2) is 0 Å². The number of anilines is 1. The van der Waals surface area contributed by atoms with Crippen molar-refractivity contribution in [1.29, 1.82) is 0 Å². The summed E-state index contributed by atoms with van der Waals surface area (Å²) in [5.74, 6) is 1.49. The zero-order chi connectivity index (χ0) is 18.3. The highest BCUT2D eigenvalue weighted by Gasteiger charge is 2.45. The molecule has 1 spiro atoms. The van der Waals surface area contributed by atoms with E-state index < -0.39 is 5.97 Å². The van der Waals surface area contributed by atoms with E-state index in [1.54, 1.807) is 0 Å². The first-order chi connectivity index (χ1) is 12.5. The van der Waals surface area contributed by atoms with Crippen LogP contribution >= 0.6 is 0 Å². The number of hydrogen-bond donors (Lipinski definition) is 2. The fourth-order valence-corrected chi connectivity index (χ4v) is 4.99. The number of rotatable bonds is 4. The summed E-state index contributed by atoms with van der Waals surface area (Å²) in [7, 11) is 0. The Kier molecular flexibility index (Phi) is 4.61. The van der Waals surface area contributed by atoms with Gasteiger partial charge < -0.3 is 15.1 Å². The molecule has 26 heavy (non-hydrogen) atoms.